The van der Waals surface area contributed by atoms with Crippen LogP contribution in [0.3, 0.4) is 0 Å². The van der Waals surface area contributed by atoms with Crippen LogP contribution in [0, 0.1) is 0 Å². The molecule has 0 spiro atoms. The minimum Gasteiger partial charge on any atom is -0.495 e. The number of amides is 2. The van der Waals surface area contributed by atoms with Gasteiger partial charge in [-0.1, -0.05) is 22.0 Å². The maximum Gasteiger partial charge on any atom is 0.425 e. The predicted molar refractivity (Wildman–Crippen MR) is 117 cm³/mol. The molecule has 10 heteroatoms. The molecule has 2 N–H and O–H groups in total. The SMILES string of the molecule is CCOC(=O)[C@@]1(c2ccc(NNC(=O)OC)c(OC)c2)C(=O)N(C)c2ccc(Br)cc21. The van der Waals surface area contributed by atoms with Gasteiger partial charge in [-0.2, -0.15) is 0 Å². The van der Waals surface area contributed by atoms with E-state index in [4.69, 9.17) is 9.47 Å². The number of esters is 1. The van der Waals surface area contributed by atoms with Crippen LogP contribution in [0.4, 0.5) is 16.2 Å². The third kappa shape index (κ3) is 3.67. The highest BCUT2D eigenvalue weighted by atomic mass is 79.9. The van der Waals surface area contributed by atoms with Gasteiger partial charge in [0.2, 0.25) is 0 Å². The van der Waals surface area contributed by atoms with Crippen molar-refractivity contribution in [3.8, 4) is 5.75 Å². The summed E-state index contributed by atoms with van der Waals surface area (Å²) >= 11 is 3.43. The average molecular weight is 492 g/mol. The summed E-state index contributed by atoms with van der Waals surface area (Å²) in [6, 6.07) is 10.1. The zero-order valence-corrected chi connectivity index (χ0v) is 19.0. The normalized spacial score (nSPS) is 17.1. The Morgan fingerprint density at radius 3 is 2.55 bits per heavy atom. The molecule has 164 valence electrons. The summed E-state index contributed by atoms with van der Waals surface area (Å²) in [5.41, 5.74) is 5.21. The van der Waals surface area contributed by atoms with Crippen LogP contribution in [-0.2, 0) is 24.5 Å². The number of carbonyl (C=O) groups excluding carboxylic acids is 3. The summed E-state index contributed by atoms with van der Waals surface area (Å²) in [5, 5.41) is 0. The van der Waals surface area contributed by atoms with E-state index in [-0.39, 0.29) is 6.61 Å². The van der Waals surface area contributed by atoms with Crippen molar-refractivity contribution < 1.29 is 28.6 Å². The van der Waals surface area contributed by atoms with Crippen molar-refractivity contribution in [1.29, 1.82) is 0 Å². The molecule has 2 aromatic rings. The number of nitrogens with zero attached hydrogens (tertiary/aromatic N) is 1. The molecule has 2 amide bonds. The van der Waals surface area contributed by atoms with Crippen LogP contribution in [0.15, 0.2) is 40.9 Å². The molecule has 0 bridgehead atoms. The van der Waals surface area contributed by atoms with Crippen LogP contribution >= 0.6 is 15.9 Å². The number of halogens is 1. The smallest absolute Gasteiger partial charge is 0.425 e. The Morgan fingerprint density at radius 2 is 1.90 bits per heavy atom. The third-order valence-electron chi connectivity index (χ3n) is 5.05. The largest absolute Gasteiger partial charge is 0.495 e. The topological polar surface area (TPSA) is 106 Å². The Hall–Kier alpha value is -3.27. The summed E-state index contributed by atoms with van der Waals surface area (Å²) in [6.45, 7) is 1.80. The number of likely N-dealkylation sites (N-methyl/N-ethyl adjacent to an activating group) is 1. The van der Waals surface area contributed by atoms with Gasteiger partial charge in [0.15, 0.2) is 5.41 Å². The number of fused-ring (bicyclic) bond motifs is 1. The highest BCUT2D eigenvalue weighted by Crippen LogP contribution is 2.48. The van der Waals surface area contributed by atoms with Crippen LogP contribution in [-0.4, -0.2) is 45.8 Å². The molecular weight excluding hydrogens is 470 g/mol. The first kappa shape index (κ1) is 22.4. The van der Waals surface area contributed by atoms with Crippen LogP contribution < -0.4 is 20.5 Å². The van der Waals surface area contributed by atoms with E-state index in [1.165, 1.54) is 19.1 Å². The van der Waals surface area contributed by atoms with Crippen LogP contribution in [0.2, 0.25) is 0 Å². The molecule has 0 aromatic heterocycles. The Kier molecular flexibility index (Phi) is 6.40. The minimum atomic E-state index is -1.70. The maximum atomic E-state index is 13.5. The van der Waals surface area contributed by atoms with Gasteiger partial charge in [-0.15, -0.1) is 0 Å². The molecule has 31 heavy (non-hydrogen) atoms. The average Bonchev–Trinajstić information content (AvgIpc) is 2.99. The van der Waals surface area contributed by atoms with Gasteiger partial charge < -0.3 is 19.1 Å². The molecule has 9 nitrogen and oxygen atoms in total. The number of anilines is 2. The summed E-state index contributed by atoms with van der Waals surface area (Å²) in [6.07, 6.45) is -0.694. The summed E-state index contributed by atoms with van der Waals surface area (Å²) in [5.74, 6) is -0.815. The quantitative estimate of drug-likeness (QED) is 0.363. The van der Waals surface area contributed by atoms with Gasteiger partial charge in [0.1, 0.15) is 5.75 Å². The monoisotopic (exact) mass is 491 g/mol. The van der Waals surface area contributed by atoms with E-state index in [0.717, 1.165) is 4.47 Å². The van der Waals surface area contributed by atoms with Crippen molar-refractivity contribution in [2.24, 2.45) is 0 Å². The molecule has 1 aliphatic heterocycles. The molecule has 0 radical (unpaired) electrons. The van der Waals surface area contributed by atoms with Crippen LogP contribution in [0.25, 0.3) is 0 Å². The third-order valence-corrected chi connectivity index (χ3v) is 5.54. The number of hydrazine groups is 1. The van der Waals surface area contributed by atoms with Crippen LogP contribution in [0.1, 0.15) is 18.1 Å². The summed E-state index contributed by atoms with van der Waals surface area (Å²) < 4.78 is 16.0. The Balaban J connectivity index is 2.20. The number of benzene rings is 2. The van der Waals surface area contributed by atoms with Crippen molar-refractivity contribution in [3.05, 3.63) is 52.0 Å². The molecule has 1 atom stereocenters. The highest BCUT2D eigenvalue weighted by Gasteiger charge is 2.58. The molecular formula is C21H22BrN3O6. The number of ether oxygens (including phenoxy) is 3. The lowest BCUT2D eigenvalue weighted by molar-refractivity contribution is -0.151. The summed E-state index contributed by atoms with van der Waals surface area (Å²) in [4.78, 5) is 39.7. The van der Waals surface area contributed by atoms with Gasteiger partial charge in [0, 0.05) is 22.8 Å². The molecule has 3 rings (SSSR count). The van der Waals surface area contributed by atoms with Crippen molar-refractivity contribution in [1.82, 2.24) is 5.43 Å². The second-order valence-electron chi connectivity index (χ2n) is 6.65. The molecule has 0 aliphatic carbocycles. The lowest BCUT2D eigenvalue weighted by atomic mass is 9.75. The van der Waals surface area contributed by atoms with E-state index in [2.05, 4.69) is 31.5 Å². The van der Waals surface area contributed by atoms with Crippen molar-refractivity contribution in [2.45, 2.75) is 12.3 Å². The zero-order valence-electron chi connectivity index (χ0n) is 17.4. The fraction of sp³-hybridized carbons (Fsp3) is 0.286. The molecule has 1 aliphatic rings. The van der Waals surface area contributed by atoms with Crippen molar-refractivity contribution >= 4 is 45.3 Å². The molecule has 0 saturated carbocycles. The van der Waals surface area contributed by atoms with Crippen molar-refractivity contribution in [2.75, 3.05) is 38.2 Å². The van der Waals surface area contributed by atoms with E-state index in [1.54, 1.807) is 50.4 Å². The fourth-order valence-electron chi connectivity index (χ4n) is 3.61. The number of hydrogen-bond donors (Lipinski definition) is 2. The molecule has 1 heterocycles. The maximum absolute atomic E-state index is 13.5. The fourth-order valence-corrected chi connectivity index (χ4v) is 3.97. The van der Waals surface area contributed by atoms with Gasteiger partial charge in [-0.05, 0) is 42.8 Å². The first-order valence-electron chi connectivity index (χ1n) is 9.35. The Bertz CT molecular complexity index is 1040. The Morgan fingerprint density at radius 1 is 1.16 bits per heavy atom. The number of methoxy groups -OCH3 is 2. The second-order valence-corrected chi connectivity index (χ2v) is 7.57. The molecule has 0 fully saturated rings. The number of nitrogens with one attached hydrogen (secondary N) is 2. The highest BCUT2D eigenvalue weighted by molar-refractivity contribution is 9.10. The van der Waals surface area contributed by atoms with Crippen LogP contribution in [0.5, 0.6) is 5.75 Å². The zero-order chi connectivity index (χ0) is 22.8. The minimum absolute atomic E-state index is 0.112. The molecule has 0 unspecified atom stereocenters. The molecule has 2 aromatic carbocycles. The first-order valence-corrected chi connectivity index (χ1v) is 10.1. The lowest BCUT2D eigenvalue weighted by Gasteiger charge is -2.27. The van der Waals surface area contributed by atoms with Gasteiger partial charge in [0.05, 0.1) is 26.5 Å². The van der Waals surface area contributed by atoms with E-state index < -0.39 is 23.4 Å². The first-order chi connectivity index (χ1) is 14.8. The number of hydrogen-bond acceptors (Lipinski definition) is 7. The summed E-state index contributed by atoms with van der Waals surface area (Å²) in [7, 11) is 4.29. The van der Waals surface area contributed by atoms with Gasteiger partial charge in [-0.3, -0.25) is 15.0 Å². The van der Waals surface area contributed by atoms with E-state index in [9.17, 15) is 14.4 Å². The van der Waals surface area contributed by atoms with E-state index in [1.807, 2.05) is 0 Å². The Labute approximate surface area is 187 Å². The van der Waals surface area contributed by atoms with E-state index >= 15 is 0 Å². The lowest BCUT2D eigenvalue weighted by Crippen LogP contribution is -2.47. The van der Waals surface area contributed by atoms with Gasteiger partial charge in [-0.25, -0.2) is 10.2 Å². The van der Waals surface area contributed by atoms with Gasteiger partial charge in [0.25, 0.3) is 5.91 Å². The second kappa shape index (κ2) is 8.84. The van der Waals surface area contributed by atoms with Crippen molar-refractivity contribution in [3.63, 3.8) is 0 Å². The number of rotatable bonds is 6. The van der Waals surface area contributed by atoms with Gasteiger partial charge >= 0.3 is 12.1 Å². The predicted octanol–water partition coefficient (Wildman–Crippen LogP) is 2.97. The van der Waals surface area contributed by atoms with E-state index in [0.29, 0.717) is 28.3 Å². The molecule has 0 saturated heterocycles. The standard InChI is InChI=1S/C21H22BrN3O6/c1-5-31-19(27)21(14-11-13(22)7-9-16(14)25(2)18(21)26)12-6-8-15(17(10-12)29-3)23-24-20(28)30-4/h6-11,23H,5H2,1-4H3,(H,24,28)/t21-/m1/s1. The number of carbonyl (C=O) groups is 3.